The molecule has 0 aliphatic heterocycles. The van der Waals surface area contributed by atoms with Gasteiger partial charge in [-0.15, -0.1) is 0 Å². The number of carbonyl (C=O) groups excluding carboxylic acids is 1. The van der Waals surface area contributed by atoms with Crippen LogP contribution in [0.5, 0.6) is 11.5 Å². The van der Waals surface area contributed by atoms with E-state index in [1.165, 1.54) is 0 Å². The van der Waals surface area contributed by atoms with E-state index in [-0.39, 0.29) is 5.91 Å². The number of methoxy groups -OCH3 is 1. The maximum absolute atomic E-state index is 13.0. The van der Waals surface area contributed by atoms with Crippen LogP contribution in [-0.2, 0) is 6.61 Å². The van der Waals surface area contributed by atoms with Crippen molar-refractivity contribution in [3.63, 3.8) is 0 Å². The number of aromatic nitrogens is 2. The molecule has 0 bridgehead atoms. The van der Waals surface area contributed by atoms with Gasteiger partial charge >= 0.3 is 0 Å². The molecule has 1 aromatic heterocycles. The van der Waals surface area contributed by atoms with Crippen LogP contribution in [0.4, 0.5) is 0 Å². The van der Waals surface area contributed by atoms with Crippen molar-refractivity contribution < 1.29 is 14.3 Å². The van der Waals surface area contributed by atoms with Gasteiger partial charge in [-0.3, -0.25) is 9.36 Å². The van der Waals surface area contributed by atoms with Crippen molar-refractivity contribution in [1.82, 2.24) is 14.5 Å². The largest absolute Gasteiger partial charge is 0.497 e. The monoisotopic (exact) mass is 455 g/mol. The van der Waals surface area contributed by atoms with Gasteiger partial charge in [0.15, 0.2) is 0 Å². The maximum Gasteiger partial charge on any atom is 0.274 e. The van der Waals surface area contributed by atoms with Crippen molar-refractivity contribution in [3.05, 3.63) is 96.3 Å². The van der Waals surface area contributed by atoms with Crippen LogP contribution in [-0.4, -0.2) is 40.6 Å². The quantitative estimate of drug-likeness (QED) is 0.329. The fraction of sp³-hybridized carbons (Fsp3) is 0.214. The molecule has 0 aliphatic carbocycles. The molecule has 6 heteroatoms. The van der Waals surface area contributed by atoms with Crippen molar-refractivity contribution in [2.24, 2.45) is 0 Å². The molecule has 0 unspecified atom stereocenters. The topological polar surface area (TPSA) is 56.6 Å². The number of amides is 1. The van der Waals surface area contributed by atoms with Gasteiger partial charge < -0.3 is 14.4 Å². The van der Waals surface area contributed by atoms with E-state index in [0.29, 0.717) is 31.2 Å². The average molecular weight is 456 g/mol. The van der Waals surface area contributed by atoms with Crippen LogP contribution >= 0.6 is 0 Å². The van der Waals surface area contributed by atoms with E-state index in [2.05, 4.69) is 0 Å². The van der Waals surface area contributed by atoms with Crippen LogP contribution in [0.25, 0.3) is 17.1 Å². The van der Waals surface area contributed by atoms with E-state index in [9.17, 15) is 4.79 Å². The highest BCUT2D eigenvalue weighted by Crippen LogP contribution is 2.27. The van der Waals surface area contributed by atoms with Gasteiger partial charge in [0.1, 0.15) is 29.6 Å². The van der Waals surface area contributed by atoms with Gasteiger partial charge in [-0.05, 0) is 67.9 Å². The molecule has 0 N–H and O–H groups in total. The van der Waals surface area contributed by atoms with E-state index < -0.39 is 0 Å². The third-order valence-corrected chi connectivity index (χ3v) is 5.69. The van der Waals surface area contributed by atoms with Crippen molar-refractivity contribution >= 4 is 5.91 Å². The number of nitrogens with zero attached hydrogens (tertiary/aromatic N) is 3. The molecule has 0 aliphatic rings. The molecule has 4 rings (SSSR count). The van der Waals surface area contributed by atoms with Gasteiger partial charge in [-0.2, -0.15) is 0 Å². The summed E-state index contributed by atoms with van der Waals surface area (Å²) in [6, 6.07) is 25.5. The summed E-state index contributed by atoms with van der Waals surface area (Å²) < 4.78 is 13.2. The number of imidazole rings is 1. The summed E-state index contributed by atoms with van der Waals surface area (Å²) >= 11 is 0. The van der Waals surface area contributed by atoms with Crippen molar-refractivity contribution in [1.29, 1.82) is 0 Å². The zero-order valence-corrected chi connectivity index (χ0v) is 19.8. The molecule has 0 fully saturated rings. The second-order valence-electron chi connectivity index (χ2n) is 7.79. The number of hydrogen-bond donors (Lipinski definition) is 0. The van der Waals surface area contributed by atoms with Gasteiger partial charge in [-0.1, -0.05) is 30.3 Å². The molecule has 3 aromatic carbocycles. The lowest BCUT2D eigenvalue weighted by atomic mass is 10.2. The Morgan fingerprint density at radius 1 is 0.882 bits per heavy atom. The first kappa shape index (κ1) is 23.1. The Morgan fingerprint density at radius 3 is 2.15 bits per heavy atom. The molecule has 0 radical (unpaired) electrons. The molecule has 0 saturated heterocycles. The Labute approximate surface area is 200 Å². The van der Waals surface area contributed by atoms with Gasteiger partial charge in [-0.25, -0.2) is 4.98 Å². The normalized spacial score (nSPS) is 10.7. The lowest BCUT2D eigenvalue weighted by Crippen LogP contribution is -2.30. The summed E-state index contributed by atoms with van der Waals surface area (Å²) in [4.78, 5) is 19.5. The van der Waals surface area contributed by atoms with E-state index in [0.717, 1.165) is 28.3 Å². The highest BCUT2D eigenvalue weighted by Gasteiger charge is 2.20. The minimum absolute atomic E-state index is 0.0821. The predicted octanol–water partition coefficient (Wildman–Crippen LogP) is 5.61. The fourth-order valence-electron chi connectivity index (χ4n) is 3.74. The van der Waals surface area contributed by atoms with Crippen LogP contribution in [0.3, 0.4) is 0 Å². The van der Waals surface area contributed by atoms with Crippen molar-refractivity contribution in [3.8, 4) is 28.6 Å². The summed E-state index contributed by atoms with van der Waals surface area (Å²) in [6.45, 7) is 5.71. The van der Waals surface area contributed by atoms with Crippen LogP contribution in [0.2, 0.25) is 0 Å². The minimum atomic E-state index is -0.0821. The van der Waals surface area contributed by atoms with Crippen molar-refractivity contribution in [2.45, 2.75) is 20.5 Å². The lowest BCUT2D eigenvalue weighted by Gasteiger charge is -2.16. The highest BCUT2D eigenvalue weighted by atomic mass is 16.5. The smallest absolute Gasteiger partial charge is 0.274 e. The third kappa shape index (κ3) is 5.12. The Kier molecular flexibility index (Phi) is 7.28. The number of benzene rings is 3. The molecule has 34 heavy (non-hydrogen) atoms. The third-order valence-electron chi connectivity index (χ3n) is 5.69. The number of carbonyl (C=O) groups is 1. The van der Waals surface area contributed by atoms with Crippen molar-refractivity contribution in [2.75, 3.05) is 20.2 Å². The van der Waals surface area contributed by atoms with Crippen LogP contribution in [0.1, 0.15) is 29.9 Å². The zero-order valence-electron chi connectivity index (χ0n) is 19.8. The SMILES string of the molecule is CCN(CC)C(=O)c1cn(-c2ccc(OCc3ccccc3)cc2)c(-c2ccc(OC)cc2)n1. The Morgan fingerprint density at radius 2 is 1.53 bits per heavy atom. The first-order chi connectivity index (χ1) is 16.6. The van der Waals surface area contributed by atoms with Gasteiger partial charge in [0.05, 0.1) is 7.11 Å². The Balaban J connectivity index is 1.65. The molecule has 174 valence electrons. The maximum atomic E-state index is 13.0. The molecule has 0 spiro atoms. The second-order valence-corrected chi connectivity index (χ2v) is 7.79. The fourth-order valence-corrected chi connectivity index (χ4v) is 3.74. The zero-order chi connectivity index (χ0) is 23.9. The summed E-state index contributed by atoms with van der Waals surface area (Å²) in [5, 5.41) is 0. The summed E-state index contributed by atoms with van der Waals surface area (Å²) in [6.07, 6.45) is 1.81. The Hall–Kier alpha value is -4.06. The lowest BCUT2D eigenvalue weighted by molar-refractivity contribution is 0.0767. The second kappa shape index (κ2) is 10.7. The van der Waals surface area contributed by atoms with E-state index in [1.54, 1.807) is 18.2 Å². The first-order valence-electron chi connectivity index (χ1n) is 11.4. The van der Waals surface area contributed by atoms with E-state index >= 15 is 0 Å². The first-order valence-corrected chi connectivity index (χ1v) is 11.4. The number of hydrogen-bond acceptors (Lipinski definition) is 4. The van der Waals surface area contributed by atoms with Gasteiger partial charge in [0.25, 0.3) is 5.91 Å². The van der Waals surface area contributed by atoms with Crippen LogP contribution in [0.15, 0.2) is 85.1 Å². The predicted molar refractivity (Wildman–Crippen MR) is 134 cm³/mol. The molecule has 1 amide bonds. The van der Waals surface area contributed by atoms with Crippen LogP contribution in [0, 0.1) is 0 Å². The van der Waals surface area contributed by atoms with Gasteiger partial charge in [0.2, 0.25) is 0 Å². The van der Waals surface area contributed by atoms with Gasteiger partial charge in [0, 0.05) is 30.5 Å². The summed E-state index contributed by atoms with van der Waals surface area (Å²) in [7, 11) is 1.64. The number of rotatable bonds is 9. The van der Waals surface area contributed by atoms with Crippen LogP contribution < -0.4 is 9.47 Å². The molecule has 1 heterocycles. The minimum Gasteiger partial charge on any atom is -0.497 e. The molecule has 0 saturated carbocycles. The highest BCUT2D eigenvalue weighted by molar-refractivity contribution is 5.93. The molecule has 6 nitrogen and oxygen atoms in total. The summed E-state index contributed by atoms with van der Waals surface area (Å²) in [5.74, 6) is 2.15. The standard InChI is InChI=1S/C28H29N3O3/c1-4-30(5-2)28(32)26-19-31(27(29-26)22-11-15-24(33-3)16-12-22)23-13-17-25(18-14-23)34-20-21-9-7-6-8-10-21/h6-19H,4-5,20H2,1-3H3. The molecular weight excluding hydrogens is 426 g/mol. The van der Waals surface area contributed by atoms with E-state index in [1.807, 2.05) is 97.3 Å². The molecule has 4 aromatic rings. The summed E-state index contributed by atoms with van der Waals surface area (Å²) in [5.41, 5.74) is 3.31. The Bertz CT molecular complexity index is 1210. The average Bonchev–Trinajstić information content (AvgIpc) is 3.34. The van der Waals surface area contributed by atoms with E-state index in [4.69, 9.17) is 14.5 Å². The molecular formula is C28H29N3O3. The number of ether oxygens (including phenoxy) is 2. The molecule has 0 atom stereocenters.